The van der Waals surface area contributed by atoms with E-state index in [2.05, 4.69) is 5.32 Å². The van der Waals surface area contributed by atoms with E-state index < -0.39 is 28.5 Å². The first-order valence-corrected chi connectivity index (χ1v) is 12.6. The molecule has 0 saturated heterocycles. The second-order valence-corrected chi connectivity index (χ2v) is 9.96. The summed E-state index contributed by atoms with van der Waals surface area (Å²) in [7, 11) is -2.55. The first-order chi connectivity index (χ1) is 16.8. The van der Waals surface area contributed by atoms with Crippen LogP contribution in [0.2, 0.25) is 0 Å². The predicted molar refractivity (Wildman–Crippen MR) is 131 cm³/mol. The number of rotatable bonds is 8. The number of fused-ring (bicyclic) bond motifs is 1. The Morgan fingerprint density at radius 3 is 2.49 bits per heavy atom. The molecule has 4 rings (SSSR count). The Morgan fingerprint density at radius 2 is 1.74 bits per heavy atom. The van der Waals surface area contributed by atoms with E-state index in [0.29, 0.717) is 18.7 Å². The van der Waals surface area contributed by atoms with Crippen LogP contribution in [0.5, 0.6) is 5.75 Å². The molecule has 8 nitrogen and oxygen atoms in total. The van der Waals surface area contributed by atoms with Gasteiger partial charge in [-0.25, -0.2) is 13.2 Å². The molecule has 182 valence electrons. The molecule has 1 N–H and O–H groups in total. The zero-order valence-corrected chi connectivity index (χ0v) is 20.2. The lowest BCUT2D eigenvalue weighted by Gasteiger charge is -2.20. The minimum absolute atomic E-state index is 0.0656. The summed E-state index contributed by atoms with van der Waals surface area (Å²) in [6, 6.07) is 20.4. The number of methoxy groups -OCH3 is 1. The van der Waals surface area contributed by atoms with E-state index >= 15 is 0 Å². The maximum Gasteiger partial charge on any atom is 0.342 e. The Hall–Kier alpha value is -3.85. The molecular weight excluding hydrogens is 468 g/mol. The molecule has 0 spiro atoms. The highest BCUT2D eigenvalue weighted by atomic mass is 32.2. The summed E-state index contributed by atoms with van der Waals surface area (Å²) in [5.74, 6) is -1.19. The van der Waals surface area contributed by atoms with Crippen molar-refractivity contribution in [2.75, 3.05) is 24.6 Å². The zero-order chi connectivity index (χ0) is 25.0. The van der Waals surface area contributed by atoms with Crippen LogP contribution >= 0.6 is 0 Å². The van der Waals surface area contributed by atoms with Crippen molar-refractivity contribution >= 4 is 27.6 Å². The van der Waals surface area contributed by atoms with Crippen LogP contribution in [0.15, 0.2) is 77.7 Å². The van der Waals surface area contributed by atoms with Crippen molar-refractivity contribution in [3.8, 4) is 5.75 Å². The van der Waals surface area contributed by atoms with Gasteiger partial charge in [0.05, 0.1) is 23.7 Å². The average molecular weight is 495 g/mol. The number of esters is 1. The van der Waals surface area contributed by atoms with E-state index in [1.807, 2.05) is 49.4 Å². The maximum absolute atomic E-state index is 13.4. The van der Waals surface area contributed by atoms with Gasteiger partial charge < -0.3 is 14.8 Å². The highest BCUT2D eigenvalue weighted by molar-refractivity contribution is 7.92. The van der Waals surface area contributed by atoms with E-state index in [4.69, 9.17) is 9.47 Å². The van der Waals surface area contributed by atoms with Gasteiger partial charge in [-0.2, -0.15) is 0 Å². The molecule has 1 aliphatic rings. The molecule has 0 bridgehead atoms. The van der Waals surface area contributed by atoms with E-state index in [1.165, 1.54) is 29.6 Å². The van der Waals surface area contributed by atoms with E-state index in [-0.39, 0.29) is 22.3 Å². The number of para-hydroxylation sites is 1. The summed E-state index contributed by atoms with van der Waals surface area (Å²) in [5, 5.41) is 2.76. The number of ether oxygens (including phenoxy) is 2. The summed E-state index contributed by atoms with van der Waals surface area (Å²) in [4.78, 5) is 25.0. The first kappa shape index (κ1) is 24.3. The van der Waals surface area contributed by atoms with Crippen LogP contribution in [0.4, 0.5) is 5.69 Å². The Kier molecular flexibility index (Phi) is 7.07. The number of carbonyl (C=O) groups excluding carboxylic acids is 2. The normalized spacial score (nSPS) is 13.6. The molecule has 0 aromatic heterocycles. The van der Waals surface area contributed by atoms with Crippen LogP contribution in [0.3, 0.4) is 0 Å². The monoisotopic (exact) mass is 494 g/mol. The number of nitrogens with zero attached hydrogens (tertiary/aromatic N) is 1. The average Bonchev–Trinajstić information content (AvgIpc) is 3.32. The zero-order valence-electron chi connectivity index (χ0n) is 19.4. The summed E-state index contributed by atoms with van der Waals surface area (Å²) in [5.41, 5.74) is 2.40. The van der Waals surface area contributed by atoms with Gasteiger partial charge in [0.25, 0.3) is 15.9 Å². The van der Waals surface area contributed by atoms with E-state index in [1.54, 1.807) is 12.1 Å². The molecule has 1 atom stereocenters. The van der Waals surface area contributed by atoms with Crippen LogP contribution in [0.1, 0.15) is 34.5 Å². The van der Waals surface area contributed by atoms with Gasteiger partial charge in [-0.3, -0.25) is 9.10 Å². The lowest BCUT2D eigenvalue weighted by Crippen LogP contribution is -2.31. The van der Waals surface area contributed by atoms with Gasteiger partial charge in [0.1, 0.15) is 11.3 Å². The topological polar surface area (TPSA) is 102 Å². The lowest BCUT2D eigenvalue weighted by molar-refractivity contribution is -0.124. The maximum atomic E-state index is 13.4. The molecule has 1 unspecified atom stereocenters. The smallest absolute Gasteiger partial charge is 0.342 e. The Balaban J connectivity index is 1.49. The number of sulfonamides is 1. The second kappa shape index (κ2) is 10.2. The number of hydrogen-bond acceptors (Lipinski definition) is 6. The largest absolute Gasteiger partial charge is 0.496 e. The number of benzene rings is 3. The third kappa shape index (κ3) is 5.14. The number of amides is 1. The van der Waals surface area contributed by atoms with Crippen molar-refractivity contribution in [1.29, 1.82) is 0 Å². The first-order valence-electron chi connectivity index (χ1n) is 11.1. The molecule has 0 radical (unpaired) electrons. The van der Waals surface area contributed by atoms with Crippen molar-refractivity contribution in [3.63, 3.8) is 0 Å². The van der Waals surface area contributed by atoms with Crippen LogP contribution < -0.4 is 14.4 Å². The third-order valence-electron chi connectivity index (χ3n) is 5.83. The fourth-order valence-electron chi connectivity index (χ4n) is 4.01. The van der Waals surface area contributed by atoms with Gasteiger partial charge >= 0.3 is 5.97 Å². The fourth-order valence-corrected chi connectivity index (χ4v) is 5.54. The molecule has 0 saturated carbocycles. The molecule has 35 heavy (non-hydrogen) atoms. The summed E-state index contributed by atoms with van der Waals surface area (Å²) >= 11 is 0. The Morgan fingerprint density at radius 1 is 1.03 bits per heavy atom. The van der Waals surface area contributed by atoms with Gasteiger partial charge in [-0.15, -0.1) is 0 Å². The minimum atomic E-state index is -3.92. The van der Waals surface area contributed by atoms with Crippen molar-refractivity contribution in [3.05, 3.63) is 89.5 Å². The van der Waals surface area contributed by atoms with Crippen molar-refractivity contribution in [2.45, 2.75) is 24.3 Å². The van der Waals surface area contributed by atoms with E-state index in [0.717, 1.165) is 11.1 Å². The van der Waals surface area contributed by atoms with Gasteiger partial charge in [-0.1, -0.05) is 48.5 Å². The van der Waals surface area contributed by atoms with Crippen LogP contribution in [0, 0.1) is 0 Å². The van der Waals surface area contributed by atoms with Gasteiger partial charge in [0, 0.05) is 6.54 Å². The molecule has 3 aromatic rings. The molecule has 1 heterocycles. The quantitative estimate of drug-likeness (QED) is 0.481. The van der Waals surface area contributed by atoms with Crippen LogP contribution in [-0.4, -0.2) is 40.6 Å². The Bertz CT molecular complexity index is 1340. The molecule has 9 heteroatoms. The molecule has 1 amide bonds. The summed E-state index contributed by atoms with van der Waals surface area (Å²) in [6.07, 6.45) is 0.608. The van der Waals surface area contributed by atoms with Gasteiger partial charge in [-0.05, 0) is 48.7 Å². The molecule has 0 aliphatic carbocycles. The molecule has 1 aliphatic heterocycles. The third-order valence-corrected chi connectivity index (χ3v) is 7.64. The van der Waals surface area contributed by atoms with Gasteiger partial charge in [0.2, 0.25) is 0 Å². The lowest BCUT2D eigenvalue weighted by atomic mass is 10.1. The van der Waals surface area contributed by atoms with Crippen molar-refractivity contribution in [1.82, 2.24) is 5.32 Å². The highest BCUT2D eigenvalue weighted by Crippen LogP contribution is 2.34. The minimum Gasteiger partial charge on any atom is -0.496 e. The summed E-state index contributed by atoms with van der Waals surface area (Å²) < 4.78 is 38.5. The van der Waals surface area contributed by atoms with Gasteiger partial charge in [0.15, 0.2) is 6.61 Å². The fraction of sp³-hybridized carbons (Fsp3) is 0.231. The number of anilines is 1. The standard InChI is InChI=1S/C26H26N2O6S/c1-18(19-8-4-3-5-9-19)27-25(29)17-34-26(30)22-16-21(12-13-24(22)33-2)35(31,32)28-15-14-20-10-6-7-11-23(20)28/h3-13,16,18H,14-15,17H2,1-2H3,(H,27,29). The Labute approximate surface area is 204 Å². The highest BCUT2D eigenvalue weighted by Gasteiger charge is 2.32. The number of nitrogens with one attached hydrogen (secondary N) is 1. The molecule has 0 fully saturated rings. The summed E-state index contributed by atoms with van der Waals surface area (Å²) in [6.45, 7) is 1.62. The molecular formula is C26H26N2O6S. The van der Waals surface area contributed by atoms with Crippen molar-refractivity contribution in [2.24, 2.45) is 0 Å². The van der Waals surface area contributed by atoms with Crippen LogP contribution in [-0.2, 0) is 26.0 Å². The number of carbonyl (C=O) groups is 2. The van der Waals surface area contributed by atoms with Crippen molar-refractivity contribution < 1.29 is 27.5 Å². The second-order valence-electron chi connectivity index (χ2n) is 8.09. The predicted octanol–water partition coefficient (Wildman–Crippen LogP) is 3.48. The molecule has 3 aromatic carbocycles. The van der Waals surface area contributed by atoms with E-state index in [9.17, 15) is 18.0 Å². The van der Waals surface area contributed by atoms with Crippen LogP contribution in [0.25, 0.3) is 0 Å². The number of hydrogen-bond donors (Lipinski definition) is 1. The SMILES string of the molecule is COc1ccc(S(=O)(=O)N2CCc3ccccc32)cc1C(=O)OCC(=O)NC(C)c1ccccc1.